The summed E-state index contributed by atoms with van der Waals surface area (Å²) in [4.78, 5) is 23.4. The number of hydrogen-bond donors (Lipinski definition) is 0. The maximum absolute atomic E-state index is 11.7. The molecule has 0 aromatic heterocycles. The molecule has 2 aromatic rings. The summed E-state index contributed by atoms with van der Waals surface area (Å²) in [7, 11) is 2.53. The molecule has 23 heavy (non-hydrogen) atoms. The third-order valence-corrected chi connectivity index (χ3v) is 3.32. The SMILES string of the molecule is COC(=O)c1cc(OCc2ccc(Cl)cc2)cc(C(=O)OC)c1. The van der Waals surface area contributed by atoms with Crippen molar-refractivity contribution >= 4 is 23.5 Å². The molecule has 0 heterocycles. The molecule has 0 aliphatic rings. The highest BCUT2D eigenvalue weighted by atomic mass is 35.5. The second-order valence-corrected chi connectivity index (χ2v) is 5.08. The minimum Gasteiger partial charge on any atom is -0.489 e. The predicted octanol–water partition coefficient (Wildman–Crippen LogP) is 3.49. The smallest absolute Gasteiger partial charge is 0.338 e. The standard InChI is InChI=1S/C17H15ClO5/c1-21-16(19)12-7-13(17(20)22-2)9-15(8-12)23-10-11-3-5-14(18)6-4-11/h3-9H,10H2,1-2H3. The van der Waals surface area contributed by atoms with E-state index in [4.69, 9.17) is 16.3 Å². The van der Waals surface area contributed by atoms with Crippen molar-refractivity contribution in [3.63, 3.8) is 0 Å². The highest BCUT2D eigenvalue weighted by Gasteiger charge is 2.14. The van der Waals surface area contributed by atoms with E-state index in [0.29, 0.717) is 10.8 Å². The second-order valence-electron chi connectivity index (χ2n) is 4.64. The number of carbonyl (C=O) groups excluding carboxylic acids is 2. The van der Waals surface area contributed by atoms with Crippen LogP contribution in [-0.2, 0) is 16.1 Å². The maximum Gasteiger partial charge on any atom is 0.338 e. The first-order valence-electron chi connectivity index (χ1n) is 6.72. The molecule has 0 spiro atoms. The van der Waals surface area contributed by atoms with Gasteiger partial charge in [0.1, 0.15) is 12.4 Å². The van der Waals surface area contributed by atoms with Crippen molar-refractivity contribution < 1.29 is 23.8 Å². The van der Waals surface area contributed by atoms with Gasteiger partial charge in [-0.3, -0.25) is 0 Å². The van der Waals surface area contributed by atoms with Gasteiger partial charge in [-0.25, -0.2) is 9.59 Å². The summed E-state index contributed by atoms with van der Waals surface area (Å²) in [5, 5.41) is 0.634. The number of hydrogen-bond acceptors (Lipinski definition) is 5. The van der Waals surface area contributed by atoms with Crippen LogP contribution in [-0.4, -0.2) is 26.2 Å². The lowest BCUT2D eigenvalue weighted by atomic mass is 10.1. The molecule has 6 heteroatoms. The Morgan fingerprint density at radius 1 is 0.913 bits per heavy atom. The Morgan fingerprint density at radius 3 is 1.91 bits per heavy atom. The first-order chi connectivity index (χ1) is 11.0. The molecule has 2 rings (SSSR count). The van der Waals surface area contributed by atoms with Crippen molar-refractivity contribution in [2.45, 2.75) is 6.61 Å². The van der Waals surface area contributed by atoms with Crippen LogP contribution in [0, 0.1) is 0 Å². The molecular formula is C17H15ClO5. The van der Waals surface area contributed by atoms with Gasteiger partial charge >= 0.3 is 11.9 Å². The van der Waals surface area contributed by atoms with Crippen LogP contribution >= 0.6 is 11.6 Å². The van der Waals surface area contributed by atoms with Crippen LogP contribution in [0.3, 0.4) is 0 Å². The number of halogens is 1. The van der Waals surface area contributed by atoms with Crippen molar-refractivity contribution in [3.05, 3.63) is 64.2 Å². The molecule has 0 aliphatic heterocycles. The van der Waals surface area contributed by atoms with Crippen molar-refractivity contribution in [2.75, 3.05) is 14.2 Å². The van der Waals surface area contributed by atoms with E-state index in [1.54, 1.807) is 12.1 Å². The van der Waals surface area contributed by atoms with Gasteiger partial charge in [-0.15, -0.1) is 0 Å². The molecule has 5 nitrogen and oxygen atoms in total. The van der Waals surface area contributed by atoms with Crippen LogP contribution in [0.5, 0.6) is 5.75 Å². The Hall–Kier alpha value is -2.53. The molecule has 0 unspecified atom stereocenters. The zero-order valence-electron chi connectivity index (χ0n) is 12.7. The van der Waals surface area contributed by atoms with E-state index >= 15 is 0 Å². The van der Waals surface area contributed by atoms with E-state index in [2.05, 4.69) is 9.47 Å². The van der Waals surface area contributed by atoms with Crippen LogP contribution in [0.15, 0.2) is 42.5 Å². The van der Waals surface area contributed by atoms with Crippen LogP contribution in [0.2, 0.25) is 5.02 Å². The number of benzene rings is 2. The zero-order chi connectivity index (χ0) is 16.8. The van der Waals surface area contributed by atoms with E-state index in [1.165, 1.54) is 32.4 Å². The van der Waals surface area contributed by atoms with Gasteiger partial charge < -0.3 is 14.2 Å². The van der Waals surface area contributed by atoms with E-state index in [1.807, 2.05) is 12.1 Å². The number of carbonyl (C=O) groups is 2. The van der Waals surface area contributed by atoms with Gasteiger partial charge in [0.25, 0.3) is 0 Å². The van der Waals surface area contributed by atoms with Gasteiger partial charge in [0.2, 0.25) is 0 Å². The second kappa shape index (κ2) is 7.65. The third kappa shape index (κ3) is 4.47. The van der Waals surface area contributed by atoms with E-state index in [0.717, 1.165) is 5.56 Å². The Kier molecular flexibility index (Phi) is 5.60. The summed E-state index contributed by atoms with van der Waals surface area (Å²) >= 11 is 5.83. The van der Waals surface area contributed by atoms with Crippen LogP contribution in [0.4, 0.5) is 0 Å². The van der Waals surface area contributed by atoms with E-state index in [-0.39, 0.29) is 17.7 Å². The number of methoxy groups -OCH3 is 2. The van der Waals surface area contributed by atoms with Crippen LogP contribution in [0.1, 0.15) is 26.3 Å². The molecule has 0 aliphatic carbocycles. The molecule has 0 N–H and O–H groups in total. The van der Waals surface area contributed by atoms with E-state index in [9.17, 15) is 9.59 Å². The minimum absolute atomic E-state index is 0.210. The molecule has 0 radical (unpaired) electrons. The molecule has 0 amide bonds. The fourth-order valence-electron chi connectivity index (χ4n) is 1.90. The molecular weight excluding hydrogens is 320 g/mol. The molecule has 0 atom stereocenters. The summed E-state index contributed by atoms with van der Waals surface area (Å²) in [5.41, 5.74) is 1.32. The van der Waals surface area contributed by atoms with Gasteiger partial charge in [0.05, 0.1) is 25.3 Å². The number of rotatable bonds is 5. The summed E-state index contributed by atoms with van der Waals surface area (Å²) in [5.74, 6) is -0.762. The third-order valence-electron chi connectivity index (χ3n) is 3.07. The molecule has 120 valence electrons. The summed E-state index contributed by atoms with van der Waals surface area (Å²) < 4.78 is 15.0. The maximum atomic E-state index is 11.7. The largest absolute Gasteiger partial charge is 0.489 e. The highest BCUT2D eigenvalue weighted by Crippen LogP contribution is 2.20. The first kappa shape index (κ1) is 16.8. The average Bonchev–Trinajstić information content (AvgIpc) is 2.59. The number of esters is 2. The van der Waals surface area contributed by atoms with Crippen molar-refractivity contribution in [2.24, 2.45) is 0 Å². The monoisotopic (exact) mass is 334 g/mol. The molecule has 2 aromatic carbocycles. The van der Waals surface area contributed by atoms with Gasteiger partial charge in [0, 0.05) is 5.02 Å². The summed E-state index contributed by atoms with van der Waals surface area (Å²) in [6, 6.07) is 11.6. The zero-order valence-corrected chi connectivity index (χ0v) is 13.4. The van der Waals surface area contributed by atoms with Crippen molar-refractivity contribution in [1.29, 1.82) is 0 Å². The molecule has 0 bridgehead atoms. The minimum atomic E-state index is -0.563. The van der Waals surface area contributed by atoms with Crippen LogP contribution in [0.25, 0.3) is 0 Å². The first-order valence-corrected chi connectivity index (χ1v) is 7.10. The lowest BCUT2D eigenvalue weighted by molar-refractivity contribution is 0.0598. The van der Waals surface area contributed by atoms with Gasteiger partial charge in [-0.05, 0) is 35.9 Å². The van der Waals surface area contributed by atoms with Crippen molar-refractivity contribution in [1.82, 2.24) is 0 Å². The van der Waals surface area contributed by atoms with Crippen molar-refractivity contribution in [3.8, 4) is 5.75 Å². The van der Waals surface area contributed by atoms with E-state index < -0.39 is 11.9 Å². The highest BCUT2D eigenvalue weighted by molar-refractivity contribution is 6.30. The topological polar surface area (TPSA) is 61.8 Å². The Labute approximate surface area is 138 Å². The summed E-state index contributed by atoms with van der Waals surface area (Å²) in [6.45, 7) is 0.266. The van der Waals surface area contributed by atoms with Gasteiger partial charge in [0.15, 0.2) is 0 Å². The lowest BCUT2D eigenvalue weighted by Crippen LogP contribution is -2.07. The Morgan fingerprint density at radius 2 is 1.43 bits per heavy atom. The molecule has 0 saturated heterocycles. The summed E-state index contributed by atoms with van der Waals surface area (Å²) in [6.07, 6.45) is 0. The predicted molar refractivity (Wildman–Crippen MR) is 84.9 cm³/mol. The average molecular weight is 335 g/mol. The van der Waals surface area contributed by atoms with Gasteiger partial charge in [-0.1, -0.05) is 23.7 Å². The fraction of sp³-hybridized carbons (Fsp3) is 0.176. The molecule has 0 saturated carbocycles. The van der Waals surface area contributed by atoms with Crippen LogP contribution < -0.4 is 4.74 Å². The Bertz CT molecular complexity index is 675. The fourth-order valence-corrected chi connectivity index (χ4v) is 2.03. The quantitative estimate of drug-likeness (QED) is 0.783. The lowest BCUT2D eigenvalue weighted by Gasteiger charge is -2.10. The molecule has 0 fully saturated rings. The Balaban J connectivity index is 2.23. The number of ether oxygens (including phenoxy) is 3. The normalized spacial score (nSPS) is 10.0. The van der Waals surface area contributed by atoms with Gasteiger partial charge in [-0.2, -0.15) is 0 Å².